The van der Waals surface area contributed by atoms with Crippen LogP contribution in [-0.4, -0.2) is 19.4 Å². The van der Waals surface area contributed by atoms with E-state index in [1.54, 1.807) is 18.2 Å². The van der Waals surface area contributed by atoms with E-state index in [1.807, 2.05) is 0 Å². The molecule has 4 nitrogen and oxygen atoms in total. The number of carbonyl (C=O) groups excluding carboxylic acids is 1. The highest BCUT2D eigenvalue weighted by Gasteiger charge is 1.97. The van der Waals surface area contributed by atoms with E-state index in [-0.39, 0.29) is 0 Å². The summed E-state index contributed by atoms with van der Waals surface area (Å²) < 4.78 is 4.32. The number of rotatable bonds is 2. The van der Waals surface area contributed by atoms with Crippen molar-refractivity contribution in [2.75, 3.05) is 7.11 Å². The molecule has 0 aliphatic heterocycles. The topological polar surface area (TPSA) is 50.7 Å². The van der Waals surface area contributed by atoms with Crippen molar-refractivity contribution >= 4 is 35.5 Å². The standard InChI is InChI=1S/C9H8Cl2N2O2/c1-15-9(14)13-12-5-6-2-3-7(10)8(11)4-6/h2-5H,1H3,(H,13,14)/b12-5-. The molecule has 0 saturated heterocycles. The van der Waals surface area contributed by atoms with Crippen LogP contribution in [0, 0.1) is 0 Å². The highest BCUT2D eigenvalue weighted by Crippen LogP contribution is 2.21. The molecule has 0 bridgehead atoms. The molecule has 0 radical (unpaired) electrons. The van der Waals surface area contributed by atoms with E-state index in [4.69, 9.17) is 23.2 Å². The molecule has 0 heterocycles. The summed E-state index contributed by atoms with van der Waals surface area (Å²) in [6.07, 6.45) is 0.797. The summed E-state index contributed by atoms with van der Waals surface area (Å²) >= 11 is 11.5. The van der Waals surface area contributed by atoms with E-state index in [9.17, 15) is 4.79 Å². The maximum atomic E-state index is 10.6. The second kappa shape index (κ2) is 5.58. The van der Waals surface area contributed by atoms with Crippen molar-refractivity contribution in [1.29, 1.82) is 0 Å². The smallest absolute Gasteiger partial charge is 0.427 e. The van der Waals surface area contributed by atoms with Crippen molar-refractivity contribution in [1.82, 2.24) is 5.43 Å². The molecule has 1 rings (SSSR count). The fourth-order valence-corrected chi connectivity index (χ4v) is 1.10. The Bertz CT molecular complexity index is 394. The number of ether oxygens (including phenoxy) is 1. The van der Waals surface area contributed by atoms with Gasteiger partial charge in [0.25, 0.3) is 0 Å². The number of amides is 1. The van der Waals surface area contributed by atoms with Crippen LogP contribution in [0.25, 0.3) is 0 Å². The van der Waals surface area contributed by atoms with Crippen LogP contribution < -0.4 is 5.43 Å². The van der Waals surface area contributed by atoms with Crippen molar-refractivity contribution in [2.24, 2.45) is 5.10 Å². The van der Waals surface area contributed by atoms with Crippen LogP contribution >= 0.6 is 23.2 Å². The second-order valence-corrected chi connectivity index (χ2v) is 3.35. The molecule has 0 aromatic heterocycles. The van der Waals surface area contributed by atoms with E-state index in [0.29, 0.717) is 10.0 Å². The van der Waals surface area contributed by atoms with Gasteiger partial charge >= 0.3 is 6.09 Å². The molecule has 15 heavy (non-hydrogen) atoms. The molecule has 0 saturated carbocycles. The molecule has 1 N–H and O–H groups in total. The summed E-state index contributed by atoms with van der Waals surface area (Å²) in [7, 11) is 1.25. The number of carbonyl (C=O) groups is 1. The molecule has 1 aromatic rings. The quantitative estimate of drug-likeness (QED) is 0.645. The van der Waals surface area contributed by atoms with E-state index < -0.39 is 6.09 Å². The number of nitrogens with zero attached hydrogens (tertiary/aromatic N) is 1. The zero-order chi connectivity index (χ0) is 11.3. The van der Waals surface area contributed by atoms with Gasteiger partial charge in [-0.15, -0.1) is 0 Å². The van der Waals surface area contributed by atoms with Gasteiger partial charge in [0, 0.05) is 0 Å². The van der Waals surface area contributed by atoms with Gasteiger partial charge in [-0.2, -0.15) is 5.10 Å². The van der Waals surface area contributed by atoms with Crippen LogP contribution in [0.4, 0.5) is 4.79 Å². The lowest BCUT2D eigenvalue weighted by atomic mass is 10.2. The van der Waals surface area contributed by atoms with E-state index in [2.05, 4.69) is 15.3 Å². The Kier molecular flexibility index (Phi) is 4.39. The predicted molar refractivity (Wildman–Crippen MR) is 59.6 cm³/mol. The first kappa shape index (κ1) is 11.8. The van der Waals surface area contributed by atoms with Crippen molar-refractivity contribution < 1.29 is 9.53 Å². The lowest BCUT2D eigenvalue weighted by Crippen LogP contribution is -2.16. The average molecular weight is 247 g/mol. The van der Waals surface area contributed by atoms with E-state index >= 15 is 0 Å². The zero-order valence-corrected chi connectivity index (χ0v) is 9.34. The van der Waals surface area contributed by atoms with Gasteiger partial charge in [0.1, 0.15) is 0 Å². The van der Waals surface area contributed by atoms with Crippen LogP contribution in [0.5, 0.6) is 0 Å². The highest BCUT2D eigenvalue weighted by molar-refractivity contribution is 6.42. The monoisotopic (exact) mass is 246 g/mol. The van der Waals surface area contributed by atoms with Gasteiger partial charge in [-0.3, -0.25) is 0 Å². The Hall–Kier alpha value is -1.26. The van der Waals surface area contributed by atoms with Gasteiger partial charge < -0.3 is 4.74 Å². The van der Waals surface area contributed by atoms with E-state index in [0.717, 1.165) is 5.56 Å². The van der Waals surface area contributed by atoms with Gasteiger partial charge in [0.2, 0.25) is 0 Å². The van der Waals surface area contributed by atoms with Crippen LogP contribution in [0.2, 0.25) is 10.0 Å². The van der Waals surface area contributed by atoms with Crippen LogP contribution in [0.1, 0.15) is 5.56 Å². The SMILES string of the molecule is COC(=O)N/N=C\c1ccc(Cl)c(Cl)c1. The summed E-state index contributed by atoms with van der Waals surface area (Å²) in [5, 5.41) is 4.53. The van der Waals surface area contributed by atoms with Crippen molar-refractivity contribution in [2.45, 2.75) is 0 Å². The molecule has 0 aliphatic carbocycles. The summed E-state index contributed by atoms with van der Waals surface area (Å²) in [4.78, 5) is 10.6. The first-order valence-electron chi connectivity index (χ1n) is 3.95. The Balaban J connectivity index is 2.65. The molecule has 0 aliphatic rings. The molecule has 80 valence electrons. The zero-order valence-electron chi connectivity index (χ0n) is 7.83. The lowest BCUT2D eigenvalue weighted by Gasteiger charge is -1.98. The number of hydrogen-bond acceptors (Lipinski definition) is 3. The molecule has 0 spiro atoms. The minimum atomic E-state index is -0.633. The fraction of sp³-hybridized carbons (Fsp3) is 0.111. The molecular weight excluding hydrogens is 239 g/mol. The molecule has 0 fully saturated rings. The number of hydrogen-bond donors (Lipinski definition) is 1. The summed E-state index contributed by atoms with van der Waals surface area (Å²) in [6.45, 7) is 0. The number of halogens is 2. The maximum Gasteiger partial charge on any atom is 0.427 e. The lowest BCUT2D eigenvalue weighted by molar-refractivity contribution is 0.171. The first-order valence-corrected chi connectivity index (χ1v) is 4.71. The van der Waals surface area contributed by atoms with Gasteiger partial charge in [-0.1, -0.05) is 29.3 Å². The largest absolute Gasteiger partial charge is 0.452 e. The second-order valence-electron chi connectivity index (χ2n) is 2.54. The van der Waals surface area contributed by atoms with E-state index in [1.165, 1.54) is 13.3 Å². The average Bonchev–Trinajstić information content (AvgIpc) is 2.23. The molecule has 0 unspecified atom stereocenters. The predicted octanol–water partition coefficient (Wildman–Crippen LogP) is 2.68. The summed E-state index contributed by atoms with van der Waals surface area (Å²) in [6, 6.07) is 4.99. The third-order valence-electron chi connectivity index (χ3n) is 1.50. The van der Waals surface area contributed by atoms with Crippen molar-refractivity contribution in [3.05, 3.63) is 33.8 Å². The Morgan fingerprint density at radius 2 is 2.20 bits per heavy atom. The Morgan fingerprint density at radius 3 is 2.80 bits per heavy atom. The third kappa shape index (κ3) is 3.77. The number of hydrazone groups is 1. The fourth-order valence-electron chi connectivity index (χ4n) is 0.798. The maximum absolute atomic E-state index is 10.6. The molecule has 1 amide bonds. The first-order chi connectivity index (χ1) is 7.13. The molecule has 1 aromatic carbocycles. The van der Waals surface area contributed by atoms with Crippen LogP contribution in [-0.2, 0) is 4.74 Å². The number of nitrogens with one attached hydrogen (secondary N) is 1. The van der Waals surface area contributed by atoms with Crippen LogP contribution in [0.15, 0.2) is 23.3 Å². The van der Waals surface area contributed by atoms with Crippen LogP contribution in [0.3, 0.4) is 0 Å². The number of benzene rings is 1. The van der Waals surface area contributed by atoms with Crippen molar-refractivity contribution in [3.8, 4) is 0 Å². The number of methoxy groups -OCH3 is 1. The summed E-state index contributed by atoms with van der Waals surface area (Å²) in [5.41, 5.74) is 2.87. The normalized spacial score (nSPS) is 10.3. The van der Waals surface area contributed by atoms with Crippen molar-refractivity contribution in [3.63, 3.8) is 0 Å². The van der Waals surface area contributed by atoms with Gasteiger partial charge in [-0.25, -0.2) is 10.2 Å². The van der Waals surface area contributed by atoms with Gasteiger partial charge in [0.15, 0.2) is 0 Å². The summed E-state index contributed by atoms with van der Waals surface area (Å²) in [5.74, 6) is 0. The third-order valence-corrected chi connectivity index (χ3v) is 2.24. The Labute approximate surface area is 96.8 Å². The minimum absolute atomic E-state index is 0.429. The minimum Gasteiger partial charge on any atom is -0.452 e. The van der Waals surface area contributed by atoms with Gasteiger partial charge in [0.05, 0.1) is 23.4 Å². The Morgan fingerprint density at radius 1 is 1.47 bits per heavy atom. The molecule has 6 heteroatoms. The highest BCUT2D eigenvalue weighted by atomic mass is 35.5. The molecular formula is C9H8Cl2N2O2. The molecule has 0 atom stereocenters. The van der Waals surface area contributed by atoms with Gasteiger partial charge in [-0.05, 0) is 17.7 Å².